The van der Waals surface area contributed by atoms with Gasteiger partial charge in [0.05, 0.1) is 0 Å². The third kappa shape index (κ3) is 2.32. The van der Waals surface area contributed by atoms with E-state index < -0.39 is 0 Å². The van der Waals surface area contributed by atoms with Crippen LogP contribution in [0.25, 0.3) is 0 Å². The second-order valence-corrected chi connectivity index (χ2v) is 4.73. The number of nitrogens with zero attached hydrogens (tertiary/aromatic N) is 2. The molecule has 0 bridgehead atoms. The number of likely N-dealkylation sites (tertiary alicyclic amines) is 2. The summed E-state index contributed by atoms with van der Waals surface area (Å²) in [7, 11) is 0. The maximum absolute atomic E-state index is 11.3. The lowest BCUT2D eigenvalue weighted by atomic mass is 9.94. The molecule has 0 aromatic heterocycles. The van der Waals surface area contributed by atoms with E-state index in [0.717, 1.165) is 19.6 Å². The summed E-state index contributed by atoms with van der Waals surface area (Å²) in [6.45, 7) is 7.44. The van der Waals surface area contributed by atoms with Crippen molar-refractivity contribution in [2.45, 2.75) is 25.8 Å². The number of carbonyl (C=O) groups is 1. The predicted octanol–water partition coefficient (Wildman–Crippen LogP) is -0.112. The van der Waals surface area contributed by atoms with Gasteiger partial charge >= 0.3 is 0 Å². The van der Waals surface area contributed by atoms with Crippen LogP contribution in [0.3, 0.4) is 0 Å². The van der Waals surface area contributed by atoms with Gasteiger partial charge in [-0.2, -0.15) is 0 Å². The third-order valence-corrected chi connectivity index (χ3v) is 3.68. The van der Waals surface area contributed by atoms with Gasteiger partial charge in [-0.3, -0.25) is 4.79 Å². The summed E-state index contributed by atoms with van der Waals surface area (Å²) in [5, 5.41) is 0. The first-order chi connectivity index (χ1) is 7.20. The normalized spacial score (nSPS) is 29.3. The zero-order valence-electron chi connectivity index (χ0n) is 9.48. The van der Waals surface area contributed by atoms with Gasteiger partial charge in [0.25, 0.3) is 0 Å². The molecule has 4 heteroatoms. The number of β-lactam (4-membered cyclic amide) rings is 1. The molecule has 1 atom stereocenters. The molecule has 2 N–H and O–H groups in total. The van der Waals surface area contributed by atoms with Crippen LogP contribution < -0.4 is 5.73 Å². The van der Waals surface area contributed by atoms with Crippen molar-refractivity contribution in [3.8, 4) is 0 Å². The van der Waals surface area contributed by atoms with Crippen LogP contribution in [0.4, 0.5) is 0 Å². The molecule has 0 aromatic rings. The van der Waals surface area contributed by atoms with Crippen molar-refractivity contribution in [3.63, 3.8) is 0 Å². The molecule has 2 aliphatic heterocycles. The van der Waals surface area contributed by atoms with Gasteiger partial charge in [0, 0.05) is 13.1 Å². The van der Waals surface area contributed by atoms with Crippen LogP contribution in [0.5, 0.6) is 0 Å². The molecule has 2 aliphatic rings. The number of carbonyl (C=O) groups excluding carboxylic acids is 1. The summed E-state index contributed by atoms with van der Waals surface area (Å²) in [6.07, 6.45) is 2.46. The molecule has 0 spiro atoms. The molecule has 2 fully saturated rings. The van der Waals surface area contributed by atoms with Crippen LogP contribution in [-0.4, -0.2) is 54.5 Å². The monoisotopic (exact) mass is 211 g/mol. The standard InChI is InChI=1S/C11H21N3O/c1-2-13-5-3-9(4-6-13)7-14-8-10(12)11(14)15/h9-10H,2-8,12H2,1H3. The Morgan fingerprint density at radius 3 is 2.53 bits per heavy atom. The molecule has 1 amide bonds. The first-order valence-corrected chi connectivity index (χ1v) is 5.97. The molecule has 86 valence electrons. The smallest absolute Gasteiger partial charge is 0.241 e. The Bertz CT molecular complexity index is 236. The van der Waals surface area contributed by atoms with Crippen LogP contribution in [0, 0.1) is 5.92 Å². The van der Waals surface area contributed by atoms with Crippen LogP contribution >= 0.6 is 0 Å². The van der Waals surface area contributed by atoms with Gasteiger partial charge in [0.15, 0.2) is 0 Å². The highest BCUT2D eigenvalue weighted by molar-refractivity contribution is 5.87. The van der Waals surface area contributed by atoms with Crippen LogP contribution in [-0.2, 0) is 4.79 Å². The van der Waals surface area contributed by atoms with Gasteiger partial charge in [-0.15, -0.1) is 0 Å². The average Bonchev–Trinajstić information content (AvgIpc) is 2.29. The summed E-state index contributed by atoms with van der Waals surface area (Å²) in [4.78, 5) is 15.7. The lowest BCUT2D eigenvalue weighted by Gasteiger charge is -2.40. The Hall–Kier alpha value is -0.610. The summed E-state index contributed by atoms with van der Waals surface area (Å²) >= 11 is 0. The van der Waals surface area contributed by atoms with E-state index in [0.29, 0.717) is 5.92 Å². The highest BCUT2D eigenvalue weighted by Gasteiger charge is 2.35. The van der Waals surface area contributed by atoms with Crippen molar-refractivity contribution < 1.29 is 4.79 Å². The highest BCUT2D eigenvalue weighted by atomic mass is 16.2. The molecular weight excluding hydrogens is 190 g/mol. The molecule has 0 radical (unpaired) electrons. The van der Waals surface area contributed by atoms with Crippen LogP contribution in [0.1, 0.15) is 19.8 Å². The molecule has 4 nitrogen and oxygen atoms in total. The summed E-state index contributed by atoms with van der Waals surface area (Å²) in [5.74, 6) is 0.845. The average molecular weight is 211 g/mol. The zero-order valence-corrected chi connectivity index (χ0v) is 9.48. The summed E-state index contributed by atoms with van der Waals surface area (Å²) < 4.78 is 0. The first kappa shape index (κ1) is 10.9. The molecule has 2 rings (SSSR count). The Kier molecular flexibility index (Phi) is 3.26. The topological polar surface area (TPSA) is 49.6 Å². The fraction of sp³-hybridized carbons (Fsp3) is 0.909. The lowest BCUT2D eigenvalue weighted by Crippen LogP contribution is -2.62. The van der Waals surface area contributed by atoms with E-state index in [-0.39, 0.29) is 11.9 Å². The van der Waals surface area contributed by atoms with E-state index in [1.54, 1.807) is 0 Å². The second kappa shape index (κ2) is 4.49. The fourth-order valence-electron chi connectivity index (χ4n) is 2.49. The van der Waals surface area contributed by atoms with Gasteiger partial charge in [-0.05, 0) is 38.4 Å². The lowest BCUT2D eigenvalue weighted by molar-refractivity contribution is -0.143. The predicted molar refractivity (Wildman–Crippen MR) is 59.4 cm³/mol. The highest BCUT2D eigenvalue weighted by Crippen LogP contribution is 2.20. The van der Waals surface area contributed by atoms with Crippen molar-refractivity contribution in [1.82, 2.24) is 9.80 Å². The third-order valence-electron chi connectivity index (χ3n) is 3.68. The molecule has 0 aliphatic carbocycles. The first-order valence-electron chi connectivity index (χ1n) is 5.97. The minimum Gasteiger partial charge on any atom is -0.339 e. The van der Waals surface area contributed by atoms with Gasteiger partial charge < -0.3 is 15.5 Å². The van der Waals surface area contributed by atoms with Crippen molar-refractivity contribution >= 4 is 5.91 Å². The van der Waals surface area contributed by atoms with Crippen LogP contribution in [0.2, 0.25) is 0 Å². The van der Waals surface area contributed by atoms with Gasteiger partial charge in [0.2, 0.25) is 5.91 Å². The van der Waals surface area contributed by atoms with Crippen LogP contribution in [0.15, 0.2) is 0 Å². The van der Waals surface area contributed by atoms with Gasteiger partial charge in [0.1, 0.15) is 6.04 Å². The Morgan fingerprint density at radius 2 is 2.07 bits per heavy atom. The second-order valence-electron chi connectivity index (χ2n) is 4.73. The number of rotatable bonds is 3. The minimum atomic E-state index is -0.208. The Labute approximate surface area is 91.4 Å². The van der Waals surface area contributed by atoms with Gasteiger partial charge in [-0.1, -0.05) is 6.92 Å². The number of amides is 1. The summed E-state index contributed by atoms with van der Waals surface area (Å²) in [6, 6.07) is -0.208. The summed E-state index contributed by atoms with van der Waals surface area (Å²) in [5.41, 5.74) is 5.56. The van der Waals surface area contributed by atoms with E-state index in [2.05, 4.69) is 11.8 Å². The largest absolute Gasteiger partial charge is 0.339 e. The maximum atomic E-state index is 11.3. The van der Waals surface area contributed by atoms with Gasteiger partial charge in [-0.25, -0.2) is 0 Å². The molecular formula is C11H21N3O. The van der Waals surface area contributed by atoms with E-state index in [4.69, 9.17) is 5.73 Å². The Morgan fingerprint density at radius 1 is 1.40 bits per heavy atom. The Balaban J connectivity index is 1.71. The van der Waals surface area contributed by atoms with E-state index in [9.17, 15) is 4.79 Å². The minimum absolute atomic E-state index is 0.146. The molecule has 2 heterocycles. The van der Waals surface area contributed by atoms with Crippen molar-refractivity contribution in [1.29, 1.82) is 0 Å². The number of piperidine rings is 1. The number of hydrogen-bond acceptors (Lipinski definition) is 3. The maximum Gasteiger partial charge on any atom is 0.241 e. The molecule has 1 unspecified atom stereocenters. The van der Waals surface area contributed by atoms with E-state index >= 15 is 0 Å². The molecule has 15 heavy (non-hydrogen) atoms. The fourth-order valence-corrected chi connectivity index (χ4v) is 2.49. The van der Waals surface area contributed by atoms with E-state index in [1.165, 1.54) is 25.9 Å². The molecule has 0 aromatic carbocycles. The van der Waals surface area contributed by atoms with E-state index in [1.807, 2.05) is 4.90 Å². The molecule has 0 saturated carbocycles. The quantitative estimate of drug-likeness (QED) is 0.663. The van der Waals surface area contributed by atoms with Crippen molar-refractivity contribution in [2.24, 2.45) is 11.7 Å². The number of hydrogen-bond donors (Lipinski definition) is 1. The number of nitrogens with two attached hydrogens (primary N) is 1. The molecule has 2 saturated heterocycles. The zero-order chi connectivity index (χ0) is 10.8. The SMILES string of the molecule is CCN1CCC(CN2CC(N)C2=O)CC1. The van der Waals surface area contributed by atoms with Crippen molar-refractivity contribution in [2.75, 3.05) is 32.7 Å². The van der Waals surface area contributed by atoms with Crippen molar-refractivity contribution in [3.05, 3.63) is 0 Å².